The highest BCUT2D eigenvalue weighted by Crippen LogP contribution is 2.28. The van der Waals surface area contributed by atoms with E-state index in [9.17, 15) is 0 Å². The first-order valence-corrected chi connectivity index (χ1v) is 8.58. The van der Waals surface area contributed by atoms with Crippen LogP contribution in [0, 0.1) is 0 Å². The molecule has 0 saturated carbocycles. The Labute approximate surface area is 132 Å². The third-order valence-corrected chi connectivity index (χ3v) is 4.11. The largest absolute Gasteiger partial charge is 0.317 e. The van der Waals surface area contributed by atoms with Gasteiger partial charge in [0.2, 0.25) is 0 Å². The lowest BCUT2D eigenvalue weighted by Crippen LogP contribution is -2.61. The molecule has 1 fully saturated rings. The fourth-order valence-electron chi connectivity index (χ4n) is 3.63. The van der Waals surface area contributed by atoms with E-state index >= 15 is 0 Å². The second-order valence-electron chi connectivity index (χ2n) is 8.21. The molecule has 0 aromatic carbocycles. The smallest absolute Gasteiger partial charge is 0.0144 e. The summed E-state index contributed by atoms with van der Waals surface area (Å²) in [5.74, 6) is 0. The van der Waals surface area contributed by atoms with Gasteiger partial charge >= 0.3 is 0 Å². The number of nitrogens with zero attached hydrogens (tertiary/aromatic N) is 1. The topological polar surface area (TPSA) is 39.3 Å². The zero-order valence-electron chi connectivity index (χ0n) is 15.2. The molecule has 1 heterocycles. The molecule has 1 rings (SSSR count). The molecule has 0 bridgehead atoms. The van der Waals surface area contributed by atoms with Crippen LogP contribution in [0.5, 0.6) is 0 Å². The maximum Gasteiger partial charge on any atom is 0.0144 e. The van der Waals surface area contributed by atoms with Crippen molar-refractivity contribution in [1.82, 2.24) is 20.9 Å². The predicted octanol–water partition coefficient (Wildman–Crippen LogP) is 1.82. The van der Waals surface area contributed by atoms with Crippen LogP contribution in [0.3, 0.4) is 0 Å². The molecular weight excluding hydrogens is 260 g/mol. The Bertz CT molecular complexity index is 271. The predicted molar refractivity (Wildman–Crippen MR) is 93.0 cm³/mol. The van der Waals surface area contributed by atoms with Crippen molar-refractivity contribution in [2.24, 2.45) is 0 Å². The first kappa shape index (κ1) is 18.9. The highest BCUT2D eigenvalue weighted by atomic mass is 15.1. The van der Waals surface area contributed by atoms with Gasteiger partial charge in [0, 0.05) is 17.1 Å². The fraction of sp³-hybridized carbons (Fsp3) is 1.00. The van der Waals surface area contributed by atoms with E-state index in [1.807, 2.05) is 0 Å². The van der Waals surface area contributed by atoms with Crippen molar-refractivity contribution >= 4 is 0 Å². The van der Waals surface area contributed by atoms with Gasteiger partial charge in [0.25, 0.3) is 0 Å². The summed E-state index contributed by atoms with van der Waals surface area (Å²) in [5.41, 5.74) is 0.480. The van der Waals surface area contributed by atoms with Crippen LogP contribution in [0.25, 0.3) is 0 Å². The van der Waals surface area contributed by atoms with Crippen LogP contribution < -0.4 is 16.0 Å². The van der Waals surface area contributed by atoms with Crippen molar-refractivity contribution in [3.05, 3.63) is 0 Å². The van der Waals surface area contributed by atoms with Crippen LogP contribution in [0.15, 0.2) is 0 Å². The molecule has 4 heteroatoms. The zero-order chi connectivity index (χ0) is 15.9. The van der Waals surface area contributed by atoms with Gasteiger partial charge in [-0.3, -0.25) is 0 Å². The summed E-state index contributed by atoms with van der Waals surface area (Å²) >= 11 is 0. The minimum Gasteiger partial charge on any atom is -0.317 e. The van der Waals surface area contributed by atoms with E-state index in [0.717, 1.165) is 19.6 Å². The van der Waals surface area contributed by atoms with Crippen molar-refractivity contribution in [2.75, 3.05) is 40.3 Å². The maximum atomic E-state index is 3.75. The molecule has 126 valence electrons. The summed E-state index contributed by atoms with van der Waals surface area (Å²) in [4.78, 5) is 2.24. The highest BCUT2D eigenvalue weighted by Gasteiger charge is 2.37. The van der Waals surface area contributed by atoms with E-state index in [2.05, 4.69) is 62.6 Å². The van der Waals surface area contributed by atoms with Gasteiger partial charge in [-0.05, 0) is 93.7 Å². The lowest BCUT2D eigenvalue weighted by molar-refractivity contribution is 0.146. The highest BCUT2D eigenvalue weighted by molar-refractivity contribution is 4.99. The minimum atomic E-state index is 0.240. The lowest BCUT2D eigenvalue weighted by Gasteiger charge is -2.46. The Morgan fingerprint density at radius 3 is 2.10 bits per heavy atom. The number of hydrogen-bond donors (Lipinski definition) is 3. The van der Waals surface area contributed by atoms with Gasteiger partial charge < -0.3 is 20.9 Å². The first-order valence-electron chi connectivity index (χ1n) is 8.58. The second kappa shape index (κ2) is 8.47. The molecule has 3 N–H and O–H groups in total. The number of hydrogen-bond acceptors (Lipinski definition) is 4. The number of piperidine rings is 1. The molecule has 0 aliphatic carbocycles. The molecule has 4 nitrogen and oxygen atoms in total. The van der Waals surface area contributed by atoms with E-state index in [-0.39, 0.29) is 11.1 Å². The molecule has 0 spiro atoms. The van der Waals surface area contributed by atoms with Crippen LogP contribution >= 0.6 is 0 Å². The molecule has 0 aromatic heterocycles. The summed E-state index contributed by atoms with van der Waals surface area (Å²) in [6.07, 6.45) is 4.88. The summed E-state index contributed by atoms with van der Waals surface area (Å²) in [6.45, 7) is 13.8. The third kappa shape index (κ3) is 8.77. The quantitative estimate of drug-likeness (QED) is 0.568. The van der Waals surface area contributed by atoms with Gasteiger partial charge in [-0.1, -0.05) is 0 Å². The van der Waals surface area contributed by atoms with Crippen LogP contribution in [0.4, 0.5) is 0 Å². The zero-order valence-corrected chi connectivity index (χ0v) is 15.2. The number of nitrogens with one attached hydrogen (secondary N) is 3. The lowest BCUT2D eigenvalue weighted by atomic mass is 9.79. The Kier molecular flexibility index (Phi) is 7.62. The standard InChI is InChI=1S/C17H38N4/c1-16(2)13-15(14-17(3,4)20-16)19-11-7-9-18-10-8-12-21(5)6/h15,18-20H,7-14H2,1-6H3. The van der Waals surface area contributed by atoms with E-state index in [1.165, 1.54) is 32.2 Å². The minimum absolute atomic E-state index is 0.240. The monoisotopic (exact) mass is 298 g/mol. The molecule has 0 unspecified atom stereocenters. The van der Waals surface area contributed by atoms with Gasteiger partial charge in [-0.15, -0.1) is 0 Å². The molecule has 0 atom stereocenters. The van der Waals surface area contributed by atoms with Crippen LogP contribution in [0.2, 0.25) is 0 Å². The maximum absolute atomic E-state index is 3.75. The average molecular weight is 299 g/mol. The molecule has 0 radical (unpaired) electrons. The van der Waals surface area contributed by atoms with Crippen molar-refractivity contribution < 1.29 is 0 Å². The Morgan fingerprint density at radius 1 is 0.952 bits per heavy atom. The van der Waals surface area contributed by atoms with E-state index in [0.29, 0.717) is 6.04 Å². The first-order chi connectivity index (χ1) is 9.70. The molecular formula is C17H38N4. The third-order valence-electron chi connectivity index (χ3n) is 4.11. The Morgan fingerprint density at radius 2 is 1.52 bits per heavy atom. The van der Waals surface area contributed by atoms with Gasteiger partial charge in [0.05, 0.1) is 0 Å². The summed E-state index contributed by atoms with van der Waals surface area (Å²) in [7, 11) is 4.26. The van der Waals surface area contributed by atoms with E-state index < -0.39 is 0 Å². The van der Waals surface area contributed by atoms with Crippen LogP contribution in [0.1, 0.15) is 53.4 Å². The fourth-order valence-corrected chi connectivity index (χ4v) is 3.63. The molecule has 0 amide bonds. The van der Waals surface area contributed by atoms with Crippen molar-refractivity contribution in [1.29, 1.82) is 0 Å². The Balaban J connectivity index is 2.07. The van der Waals surface area contributed by atoms with Gasteiger partial charge in [0.1, 0.15) is 0 Å². The Hall–Kier alpha value is -0.160. The summed E-state index contributed by atoms with van der Waals surface area (Å²) < 4.78 is 0. The van der Waals surface area contributed by atoms with E-state index in [1.54, 1.807) is 0 Å². The summed E-state index contributed by atoms with van der Waals surface area (Å²) in [6, 6.07) is 0.644. The van der Waals surface area contributed by atoms with E-state index in [4.69, 9.17) is 0 Å². The average Bonchev–Trinajstić information content (AvgIpc) is 2.28. The molecule has 1 aliphatic rings. The van der Waals surface area contributed by atoms with Crippen LogP contribution in [-0.2, 0) is 0 Å². The molecule has 21 heavy (non-hydrogen) atoms. The van der Waals surface area contributed by atoms with Gasteiger partial charge in [-0.25, -0.2) is 0 Å². The van der Waals surface area contributed by atoms with Crippen molar-refractivity contribution in [3.63, 3.8) is 0 Å². The molecule has 1 aliphatic heterocycles. The SMILES string of the molecule is CN(C)CCCNCCCNC1CC(C)(C)NC(C)(C)C1. The van der Waals surface area contributed by atoms with Gasteiger partial charge in [-0.2, -0.15) is 0 Å². The van der Waals surface area contributed by atoms with Crippen LogP contribution in [-0.4, -0.2) is 62.3 Å². The molecule has 0 aromatic rings. The second-order valence-corrected chi connectivity index (χ2v) is 8.21. The van der Waals surface area contributed by atoms with Crippen molar-refractivity contribution in [2.45, 2.75) is 70.5 Å². The summed E-state index contributed by atoms with van der Waals surface area (Å²) in [5, 5.41) is 11.0. The van der Waals surface area contributed by atoms with Crippen molar-refractivity contribution in [3.8, 4) is 0 Å². The normalized spacial score (nSPS) is 21.9. The number of rotatable bonds is 9. The van der Waals surface area contributed by atoms with Gasteiger partial charge in [0.15, 0.2) is 0 Å². The molecule has 1 saturated heterocycles.